The van der Waals surface area contributed by atoms with Crippen molar-refractivity contribution in [1.29, 1.82) is 0 Å². The molecule has 0 saturated heterocycles. The minimum absolute atomic E-state index is 0.306. The van der Waals surface area contributed by atoms with Crippen LogP contribution in [0.15, 0.2) is 69.6 Å². The molecule has 0 unspecified atom stereocenters. The van der Waals surface area contributed by atoms with Crippen molar-refractivity contribution >= 4 is 11.6 Å². The number of benzene rings is 2. The first kappa shape index (κ1) is 13.7. The van der Waals surface area contributed by atoms with Gasteiger partial charge < -0.3 is 8.94 Å². The van der Waals surface area contributed by atoms with Gasteiger partial charge in [0.05, 0.1) is 0 Å². The summed E-state index contributed by atoms with van der Waals surface area (Å²) in [5.74, 6) is 1.36. The lowest BCUT2D eigenvalue weighted by Crippen LogP contribution is -1.76. The van der Waals surface area contributed by atoms with Crippen LogP contribution >= 0.6 is 11.6 Å². The largest absolute Gasteiger partial charge is 0.414 e. The van der Waals surface area contributed by atoms with Crippen LogP contribution < -0.4 is 0 Å². The van der Waals surface area contributed by atoms with Crippen LogP contribution in [0.2, 0.25) is 5.02 Å². The third kappa shape index (κ3) is 2.74. The van der Waals surface area contributed by atoms with E-state index in [1.807, 2.05) is 42.5 Å². The van der Waals surface area contributed by atoms with Crippen LogP contribution in [-0.4, -0.2) is 15.4 Å². The van der Waals surface area contributed by atoms with Gasteiger partial charge in [0, 0.05) is 22.2 Å². The molecule has 0 radical (unpaired) electrons. The third-order valence-electron chi connectivity index (χ3n) is 3.30. The normalized spacial score (nSPS) is 10.8. The number of rotatable bonds is 3. The molecule has 112 valence electrons. The minimum atomic E-state index is 0.306. The average molecular weight is 324 g/mol. The molecule has 2 heterocycles. The summed E-state index contributed by atoms with van der Waals surface area (Å²) in [4.78, 5) is 0. The summed E-state index contributed by atoms with van der Waals surface area (Å²) >= 11 is 5.87. The molecule has 5 nitrogen and oxygen atoms in total. The number of hydrogen-bond acceptors (Lipinski definition) is 5. The van der Waals surface area contributed by atoms with Crippen LogP contribution in [0.3, 0.4) is 0 Å². The monoisotopic (exact) mass is 323 g/mol. The Morgan fingerprint density at radius 1 is 0.783 bits per heavy atom. The lowest BCUT2D eigenvalue weighted by atomic mass is 10.2. The lowest BCUT2D eigenvalue weighted by molar-refractivity contribution is 0.431. The Bertz CT molecular complexity index is 930. The van der Waals surface area contributed by atoms with Crippen molar-refractivity contribution in [3.05, 3.63) is 65.7 Å². The zero-order valence-corrected chi connectivity index (χ0v) is 12.6. The van der Waals surface area contributed by atoms with Crippen LogP contribution in [0.4, 0.5) is 0 Å². The van der Waals surface area contributed by atoms with E-state index < -0.39 is 0 Å². The summed E-state index contributed by atoms with van der Waals surface area (Å²) in [5, 5.41) is 12.7. The van der Waals surface area contributed by atoms with Crippen molar-refractivity contribution < 1.29 is 8.94 Å². The van der Waals surface area contributed by atoms with Crippen molar-refractivity contribution in [2.45, 2.75) is 0 Å². The van der Waals surface area contributed by atoms with Gasteiger partial charge in [-0.2, -0.15) is 0 Å². The van der Waals surface area contributed by atoms with Crippen LogP contribution in [0.25, 0.3) is 34.4 Å². The van der Waals surface area contributed by atoms with Gasteiger partial charge in [0.1, 0.15) is 0 Å². The molecule has 23 heavy (non-hydrogen) atoms. The van der Waals surface area contributed by atoms with Crippen molar-refractivity contribution in [3.8, 4) is 34.4 Å². The maximum Gasteiger partial charge on any atom is 0.270 e. The van der Waals surface area contributed by atoms with Crippen LogP contribution in [0.5, 0.6) is 0 Å². The highest BCUT2D eigenvalue weighted by molar-refractivity contribution is 6.30. The predicted molar refractivity (Wildman–Crippen MR) is 85.7 cm³/mol. The fraction of sp³-hybridized carbons (Fsp3) is 0. The van der Waals surface area contributed by atoms with Gasteiger partial charge in [0.2, 0.25) is 5.89 Å². The van der Waals surface area contributed by atoms with E-state index in [-0.39, 0.29) is 0 Å². The molecule has 0 atom stereocenters. The predicted octanol–water partition coefficient (Wildman–Crippen LogP) is 4.71. The second kappa shape index (κ2) is 5.70. The van der Waals surface area contributed by atoms with Gasteiger partial charge in [-0.1, -0.05) is 47.1 Å². The van der Waals surface area contributed by atoms with Gasteiger partial charge in [-0.05, 0) is 24.3 Å². The second-order valence-electron chi connectivity index (χ2n) is 4.86. The molecule has 0 fully saturated rings. The molecule has 0 aliphatic carbocycles. The molecule has 4 rings (SSSR count). The van der Waals surface area contributed by atoms with Crippen LogP contribution in [0, 0.1) is 0 Å². The fourth-order valence-electron chi connectivity index (χ4n) is 2.15. The standard InChI is InChI=1S/C17H10ClN3O2/c18-13-8-6-12(7-9-13)16-19-20-17(22-16)14-10-15(23-21-14)11-4-2-1-3-5-11/h1-10H. The topological polar surface area (TPSA) is 65.0 Å². The summed E-state index contributed by atoms with van der Waals surface area (Å²) in [5.41, 5.74) is 2.22. The molecule has 6 heteroatoms. The van der Waals surface area contributed by atoms with E-state index in [0.717, 1.165) is 11.1 Å². The molecule has 2 aromatic carbocycles. The van der Waals surface area contributed by atoms with E-state index >= 15 is 0 Å². The Labute approximate surface area is 136 Å². The SMILES string of the molecule is Clc1ccc(-c2nnc(-c3cc(-c4ccccc4)on3)o2)cc1. The Morgan fingerprint density at radius 2 is 1.52 bits per heavy atom. The highest BCUT2D eigenvalue weighted by atomic mass is 35.5. The summed E-state index contributed by atoms with van der Waals surface area (Å²) < 4.78 is 11.0. The third-order valence-corrected chi connectivity index (χ3v) is 3.56. The summed E-state index contributed by atoms with van der Waals surface area (Å²) in [7, 11) is 0. The van der Waals surface area contributed by atoms with Gasteiger partial charge in [0.25, 0.3) is 5.89 Å². The van der Waals surface area contributed by atoms with E-state index in [0.29, 0.717) is 28.3 Å². The van der Waals surface area contributed by atoms with Crippen molar-refractivity contribution in [1.82, 2.24) is 15.4 Å². The smallest absolute Gasteiger partial charge is 0.270 e. The summed E-state index contributed by atoms with van der Waals surface area (Å²) in [6, 6.07) is 18.6. The Hall–Kier alpha value is -2.92. The van der Waals surface area contributed by atoms with Crippen LogP contribution in [0.1, 0.15) is 0 Å². The Balaban J connectivity index is 1.65. The second-order valence-corrected chi connectivity index (χ2v) is 5.30. The van der Waals surface area contributed by atoms with E-state index in [9.17, 15) is 0 Å². The molecule has 0 aliphatic rings. The zero-order chi connectivity index (χ0) is 15.6. The average Bonchev–Trinajstić information content (AvgIpc) is 3.26. The number of hydrogen-bond donors (Lipinski definition) is 0. The minimum Gasteiger partial charge on any atom is -0.414 e. The molecule has 0 saturated carbocycles. The zero-order valence-electron chi connectivity index (χ0n) is 11.8. The molecule has 4 aromatic rings. The van der Waals surface area contributed by atoms with E-state index in [1.54, 1.807) is 18.2 Å². The summed E-state index contributed by atoms with van der Waals surface area (Å²) in [6.07, 6.45) is 0. The molecular weight excluding hydrogens is 314 g/mol. The number of halogens is 1. The molecule has 0 aliphatic heterocycles. The van der Waals surface area contributed by atoms with Crippen molar-refractivity contribution in [3.63, 3.8) is 0 Å². The maximum atomic E-state index is 5.87. The van der Waals surface area contributed by atoms with E-state index in [2.05, 4.69) is 15.4 Å². The van der Waals surface area contributed by atoms with Crippen molar-refractivity contribution in [2.24, 2.45) is 0 Å². The molecular formula is C17H10ClN3O2. The quantitative estimate of drug-likeness (QED) is 0.546. The van der Waals surface area contributed by atoms with E-state index in [4.69, 9.17) is 20.5 Å². The van der Waals surface area contributed by atoms with Gasteiger partial charge >= 0.3 is 0 Å². The van der Waals surface area contributed by atoms with E-state index in [1.165, 1.54) is 0 Å². The Morgan fingerprint density at radius 3 is 2.30 bits per heavy atom. The highest BCUT2D eigenvalue weighted by Crippen LogP contribution is 2.27. The fourth-order valence-corrected chi connectivity index (χ4v) is 2.28. The van der Waals surface area contributed by atoms with Gasteiger partial charge in [-0.3, -0.25) is 0 Å². The van der Waals surface area contributed by atoms with Gasteiger partial charge in [0.15, 0.2) is 11.5 Å². The van der Waals surface area contributed by atoms with Gasteiger partial charge in [-0.15, -0.1) is 10.2 Å². The number of aromatic nitrogens is 3. The van der Waals surface area contributed by atoms with Crippen LogP contribution in [-0.2, 0) is 0 Å². The highest BCUT2D eigenvalue weighted by Gasteiger charge is 2.15. The molecule has 2 aromatic heterocycles. The molecule has 0 N–H and O–H groups in total. The first-order chi connectivity index (χ1) is 11.3. The Kier molecular flexibility index (Phi) is 3.40. The molecule has 0 amide bonds. The van der Waals surface area contributed by atoms with Crippen molar-refractivity contribution in [2.75, 3.05) is 0 Å². The van der Waals surface area contributed by atoms with Gasteiger partial charge in [-0.25, -0.2) is 0 Å². The first-order valence-corrected chi connectivity index (χ1v) is 7.29. The molecule has 0 spiro atoms. The molecule has 0 bridgehead atoms. The lowest BCUT2D eigenvalue weighted by Gasteiger charge is -1.93. The summed E-state index contributed by atoms with van der Waals surface area (Å²) in [6.45, 7) is 0. The maximum absolute atomic E-state index is 5.87. The number of nitrogens with zero attached hydrogens (tertiary/aromatic N) is 3. The first-order valence-electron chi connectivity index (χ1n) is 6.91.